The largest absolute Gasteiger partial charge is 0.465 e. The lowest BCUT2D eigenvalue weighted by Crippen LogP contribution is -2.64. The Morgan fingerprint density at radius 3 is 1.32 bits per heavy atom. The summed E-state index contributed by atoms with van der Waals surface area (Å²) in [6.07, 6.45) is 18.7. The highest BCUT2D eigenvalue weighted by Crippen LogP contribution is 2.73. The number of carbonyl (C=O) groups is 4. The van der Waals surface area contributed by atoms with Crippen LogP contribution in [0.2, 0.25) is 0 Å². The Labute approximate surface area is 623 Å². The van der Waals surface area contributed by atoms with E-state index in [9.17, 15) is 27.6 Å². The Kier molecular flexibility index (Phi) is 19.9. The fourth-order valence-corrected chi connectivity index (χ4v) is 22.6. The Balaban J connectivity index is 0.000000188. The van der Waals surface area contributed by atoms with Crippen LogP contribution in [0.1, 0.15) is 222 Å². The molecule has 0 amide bonds. The summed E-state index contributed by atoms with van der Waals surface area (Å²) in [5.74, 6) is -0.490. The summed E-state index contributed by atoms with van der Waals surface area (Å²) in [6.45, 7) is 29.6. The third-order valence-electron chi connectivity index (χ3n) is 23.5. The smallest absolute Gasteiger partial charge is 0.358 e. The third kappa shape index (κ3) is 15.7. The van der Waals surface area contributed by atoms with Crippen molar-refractivity contribution in [3.05, 3.63) is 140 Å². The zero-order valence-corrected chi connectivity index (χ0v) is 65.4. The van der Waals surface area contributed by atoms with Crippen LogP contribution >= 0.6 is 0 Å². The predicted molar refractivity (Wildman–Crippen MR) is 401 cm³/mol. The fraction of sp³-hybridized carbons (Fsp3) is 0.605. The molecule has 0 spiro atoms. The van der Waals surface area contributed by atoms with Crippen LogP contribution in [-0.4, -0.2) is 144 Å². The van der Waals surface area contributed by atoms with Gasteiger partial charge in [0.25, 0.3) is 10.1 Å². The summed E-state index contributed by atoms with van der Waals surface area (Å²) in [4.78, 5) is 70.1. The Morgan fingerprint density at radius 1 is 0.538 bits per heavy atom. The quantitative estimate of drug-likeness (QED) is 0.0123. The second kappa shape index (κ2) is 27.8. The van der Waals surface area contributed by atoms with Crippen LogP contribution in [0.3, 0.4) is 0 Å². The van der Waals surface area contributed by atoms with Gasteiger partial charge in [0.2, 0.25) is 0 Å². The molecule has 8 saturated carbocycles. The van der Waals surface area contributed by atoms with Crippen molar-refractivity contribution in [1.82, 2.24) is 29.5 Å². The number of esters is 4. The number of carbonyl (C=O) groups excluding carboxylic acids is 4. The molecule has 8 bridgehead atoms. The molecule has 4 unspecified atom stereocenters. The number of methoxy groups -OCH3 is 2. The minimum absolute atomic E-state index is 0.00844. The molecule has 10 aliphatic rings. The van der Waals surface area contributed by atoms with Gasteiger partial charge in [-0.3, -0.25) is 13.5 Å². The van der Waals surface area contributed by atoms with Gasteiger partial charge < -0.3 is 38.2 Å². The lowest BCUT2D eigenvalue weighted by molar-refractivity contribution is -0.249. The van der Waals surface area contributed by atoms with Crippen LogP contribution in [0.4, 0.5) is 11.6 Å². The topological polar surface area (TPSA) is 284 Å². The van der Waals surface area contributed by atoms with E-state index in [1.54, 1.807) is 12.1 Å². The van der Waals surface area contributed by atoms with E-state index in [2.05, 4.69) is 63.8 Å². The number of ether oxygens (including phenoxy) is 6. The average molecular weight is 1470 g/mol. The van der Waals surface area contributed by atoms with Crippen molar-refractivity contribution in [1.29, 1.82) is 0 Å². The van der Waals surface area contributed by atoms with Gasteiger partial charge in [-0.2, -0.15) is 18.6 Å². The van der Waals surface area contributed by atoms with Crippen LogP contribution in [0.25, 0.3) is 32.7 Å². The summed E-state index contributed by atoms with van der Waals surface area (Å²) in [5, 5.41) is 13.6. The van der Waals surface area contributed by atoms with Crippen molar-refractivity contribution < 1.29 is 60.2 Å². The average Bonchev–Trinajstić information content (AvgIpc) is 0.871. The van der Waals surface area contributed by atoms with Gasteiger partial charge in [-0.1, -0.05) is 57.1 Å². The maximum absolute atomic E-state index is 13.9. The van der Waals surface area contributed by atoms with Crippen LogP contribution in [0, 0.1) is 46.3 Å². The molecule has 6 heterocycles. The minimum atomic E-state index is -3.54. The number of anilines is 2. The molecule has 24 nitrogen and oxygen atoms in total. The molecule has 8 fully saturated rings. The highest BCUT2D eigenvalue weighted by atomic mass is 32.2. The summed E-state index contributed by atoms with van der Waals surface area (Å²) in [7, 11) is -0.760. The molecule has 4 atom stereocenters. The number of hydrogen-bond donors (Lipinski definition) is 0. The van der Waals surface area contributed by atoms with E-state index >= 15 is 0 Å². The first-order valence-corrected chi connectivity index (χ1v) is 39.2. The minimum Gasteiger partial charge on any atom is -0.465 e. The standard InChI is InChI=1S/C41H54N4O8S.C40H51N7O5/c1-27-31(18-42-45(27)26-40-21-38(5)20-39(6,22-40)24-41(23-38,25-40)51-16-17-52-54(8,48)49)29-12-13-33(43-34(29)36(47)53-37(2,3)4)44-15-14-28-10-9-11-30(32(28)19-44)35(46)50-7;1-26-30(17-43-47(26)25-39-20-37(5)19-38(6,21-39)23-40(22-37,24-39)51-16-14-42-45-41)28-11-12-32(44-33(28)35(49)52-36(2,3)4)46-15-13-27-9-8-10-29(31(27)18-46)34(48)50-7/h9-13,18H,14-17,19-26H2,1-8H3;8-12,17H,13-16,18-25H2,1-7H3. The van der Waals surface area contributed by atoms with Gasteiger partial charge in [0.1, 0.15) is 22.8 Å². The Morgan fingerprint density at radius 2 is 0.943 bits per heavy atom. The molecular formula is C81H105N11O13S. The van der Waals surface area contributed by atoms with E-state index in [0.717, 1.165) is 141 Å². The van der Waals surface area contributed by atoms with Crippen LogP contribution in [-0.2, 0) is 81.7 Å². The molecule has 106 heavy (non-hydrogen) atoms. The van der Waals surface area contributed by atoms with E-state index < -0.39 is 33.3 Å². The lowest BCUT2D eigenvalue weighted by Gasteiger charge is -2.69. The van der Waals surface area contributed by atoms with Crippen molar-refractivity contribution in [2.24, 2.45) is 37.6 Å². The van der Waals surface area contributed by atoms with Gasteiger partial charge in [0.05, 0.1) is 75.0 Å². The fourth-order valence-electron chi connectivity index (χ4n) is 22.3. The van der Waals surface area contributed by atoms with Crippen molar-refractivity contribution >= 4 is 45.6 Å². The summed E-state index contributed by atoms with van der Waals surface area (Å²) < 4.78 is 67.7. The molecule has 2 aromatic carbocycles. The third-order valence-corrected chi connectivity index (χ3v) is 24.1. The first kappa shape index (κ1) is 76.0. The van der Waals surface area contributed by atoms with Gasteiger partial charge in [-0.25, -0.2) is 29.1 Å². The number of rotatable bonds is 21. The molecule has 6 aromatic rings. The first-order chi connectivity index (χ1) is 49.8. The molecule has 0 radical (unpaired) electrons. The number of aromatic nitrogens is 6. The van der Waals surface area contributed by atoms with E-state index in [4.69, 9.17) is 58.3 Å². The Bertz CT molecular complexity index is 4580. The molecule has 25 heteroatoms. The van der Waals surface area contributed by atoms with Crippen LogP contribution < -0.4 is 9.80 Å². The number of fused-ring (bicyclic) bond motifs is 2. The van der Waals surface area contributed by atoms with Gasteiger partial charge in [0, 0.05) is 84.4 Å². The predicted octanol–water partition coefficient (Wildman–Crippen LogP) is 14.7. The number of hydrogen-bond acceptors (Lipinski definition) is 20. The summed E-state index contributed by atoms with van der Waals surface area (Å²) in [5.41, 5.74) is 17.7. The van der Waals surface area contributed by atoms with Crippen molar-refractivity contribution in [3.63, 3.8) is 0 Å². The second-order valence-electron chi connectivity index (χ2n) is 35.9. The maximum atomic E-state index is 13.9. The molecule has 0 saturated heterocycles. The van der Waals surface area contributed by atoms with E-state index in [1.807, 2.05) is 109 Å². The van der Waals surface area contributed by atoms with Crippen molar-refractivity contribution in [3.8, 4) is 22.3 Å². The SMILES string of the molecule is COC(=O)c1cccc2c1CN(c1ccc(-c3cnn(CC45CC6(C)CC(C)(C4)CC(OCCN=[N+]=[N-])(C6)C5)c3C)c(C(=O)OC(C)(C)C)n1)CC2.COC(=O)c1cccc2c1CN(c1ccc(-c3cnn(CC45CC6(C)CC(C)(C4)CC(OCCOS(C)(=O)=O)(C6)C5)c3C)c(C(=O)OC(C)(C)C)n1)CC2. The molecule has 568 valence electrons. The van der Waals surface area contributed by atoms with E-state index in [-0.39, 0.29) is 80.2 Å². The molecule has 16 rings (SSSR count). The normalized spacial score (nSPS) is 27.5. The van der Waals surface area contributed by atoms with Crippen LogP contribution in [0.15, 0.2) is 78.2 Å². The van der Waals surface area contributed by atoms with Gasteiger partial charge >= 0.3 is 23.9 Å². The first-order valence-electron chi connectivity index (χ1n) is 37.4. The monoisotopic (exact) mass is 1470 g/mol. The van der Waals surface area contributed by atoms with Gasteiger partial charge in [-0.05, 0) is 242 Å². The summed E-state index contributed by atoms with van der Waals surface area (Å²) >= 11 is 0. The van der Waals surface area contributed by atoms with Gasteiger partial charge in [-0.15, -0.1) is 0 Å². The van der Waals surface area contributed by atoms with Gasteiger partial charge in [0.15, 0.2) is 11.4 Å². The number of pyridine rings is 2. The Hall–Kier alpha value is -8.22. The second-order valence-corrected chi connectivity index (χ2v) is 37.5. The summed E-state index contributed by atoms with van der Waals surface area (Å²) in [6, 6.07) is 19.2. The van der Waals surface area contributed by atoms with Crippen molar-refractivity contribution in [2.45, 2.75) is 222 Å². The zero-order chi connectivity index (χ0) is 76.0. The zero-order valence-electron chi connectivity index (χ0n) is 64.5. The lowest BCUT2D eigenvalue weighted by atomic mass is 9.39. The van der Waals surface area contributed by atoms with E-state index in [1.165, 1.54) is 20.6 Å². The number of azide groups is 1. The highest BCUT2D eigenvalue weighted by molar-refractivity contribution is 7.86. The van der Waals surface area contributed by atoms with Crippen LogP contribution in [0.5, 0.6) is 0 Å². The highest BCUT2D eigenvalue weighted by Gasteiger charge is 2.68. The number of nitrogens with zero attached hydrogens (tertiary/aromatic N) is 11. The van der Waals surface area contributed by atoms with E-state index in [0.29, 0.717) is 79.8 Å². The molecule has 0 N–H and O–H groups in total. The van der Waals surface area contributed by atoms with Crippen molar-refractivity contribution in [2.75, 3.05) is 69.7 Å². The maximum Gasteiger partial charge on any atom is 0.358 e. The molecule has 2 aliphatic heterocycles. The number of benzene rings is 2. The molecular weight excluding hydrogens is 1370 g/mol. The molecule has 8 aliphatic carbocycles. The molecule has 4 aromatic heterocycles.